The third kappa shape index (κ3) is 2.13. The number of fused-ring (bicyclic) bond motifs is 1. The Morgan fingerprint density at radius 1 is 1.00 bits per heavy atom. The summed E-state index contributed by atoms with van der Waals surface area (Å²) in [5.41, 5.74) is 3.88. The summed E-state index contributed by atoms with van der Waals surface area (Å²) in [4.78, 5) is 3.31. The lowest BCUT2D eigenvalue weighted by atomic mass is 10.0. The van der Waals surface area contributed by atoms with Gasteiger partial charge in [0.1, 0.15) is 0 Å². The molecule has 1 nitrogen and oxygen atoms in total. The van der Waals surface area contributed by atoms with E-state index in [-0.39, 0.29) is 0 Å². The lowest BCUT2D eigenvalue weighted by molar-refractivity contribution is 1.21. The maximum atomic E-state index is 3.52. The normalized spacial score (nSPS) is 10.9. The molecule has 0 aliphatic heterocycles. The minimum absolute atomic E-state index is 0.970. The summed E-state index contributed by atoms with van der Waals surface area (Å²) < 4.78 is 1.12. The molecule has 0 unspecified atom stereocenters. The first-order chi connectivity index (χ1) is 8.33. The number of benzene rings is 2. The van der Waals surface area contributed by atoms with Crippen LogP contribution in [0.15, 0.2) is 59.2 Å². The Morgan fingerprint density at radius 2 is 1.82 bits per heavy atom. The van der Waals surface area contributed by atoms with Gasteiger partial charge in [-0.2, -0.15) is 0 Å². The first-order valence-electron chi connectivity index (χ1n) is 5.62. The molecule has 0 fully saturated rings. The van der Waals surface area contributed by atoms with Crippen molar-refractivity contribution in [1.29, 1.82) is 0 Å². The third-order valence-electron chi connectivity index (χ3n) is 2.97. The van der Waals surface area contributed by atoms with Gasteiger partial charge in [0.25, 0.3) is 0 Å². The molecule has 0 aliphatic rings. The van der Waals surface area contributed by atoms with Gasteiger partial charge < -0.3 is 4.98 Å². The van der Waals surface area contributed by atoms with Crippen LogP contribution in [0.1, 0.15) is 11.1 Å². The molecule has 1 heterocycles. The lowest BCUT2D eigenvalue weighted by Crippen LogP contribution is -1.85. The van der Waals surface area contributed by atoms with Crippen molar-refractivity contribution in [1.82, 2.24) is 4.98 Å². The highest BCUT2D eigenvalue weighted by Gasteiger charge is 2.04. The van der Waals surface area contributed by atoms with Crippen molar-refractivity contribution in [3.8, 4) is 0 Å². The molecule has 1 aromatic heterocycles. The Bertz CT molecular complexity index is 640. The summed E-state index contributed by atoms with van der Waals surface area (Å²) in [5, 5.41) is 1.29. The molecule has 2 aromatic carbocycles. The smallest absolute Gasteiger partial charge is 0.0457 e. The number of hydrogen-bond donors (Lipinski definition) is 1. The first-order valence-corrected chi connectivity index (χ1v) is 6.42. The lowest BCUT2D eigenvalue weighted by Gasteiger charge is -2.00. The van der Waals surface area contributed by atoms with E-state index in [1.807, 2.05) is 0 Å². The van der Waals surface area contributed by atoms with Gasteiger partial charge in [0.15, 0.2) is 0 Å². The average Bonchev–Trinajstić information content (AvgIpc) is 2.73. The Morgan fingerprint density at radius 3 is 2.65 bits per heavy atom. The summed E-state index contributed by atoms with van der Waals surface area (Å²) in [6.07, 6.45) is 3.07. The summed E-state index contributed by atoms with van der Waals surface area (Å²) in [7, 11) is 0. The monoisotopic (exact) mass is 285 g/mol. The Balaban J connectivity index is 2.03. The molecule has 0 radical (unpaired) electrons. The van der Waals surface area contributed by atoms with Gasteiger partial charge in [0.05, 0.1) is 0 Å². The van der Waals surface area contributed by atoms with Crippen molar-refractivity contribution in [2.75, 3.05) is 0 Å². The van der Waals surface area contributed by atoms with E-state index in [1.165, 1.54) is 22.0 Å². The van der Waals surface area contributed by atoms with E-state index in [4.69, 9.17) is 0 Å². The number of aromatic nitrogens is 1. The first kappa shape index (κ1) is 10.6. The zero-order valence-corrected chi connectivity index (χ0v) is 10.9. The molecule has 3 rings (SSSR count). The van der Waals surface area contributed by atoms with Crippen molar-refractivity contribution >= 4 is 26.8 Å². The molecule has 0 saturated carbocycles. The molecule has 0 aliphatic carbocycles. The highest BCUT2D eigenvalue weighted by Crippen LogP contribution is 2.24. The van der Waals surface area contributed by atoms with Crippen LogP contribution in [0.5, 0.6) is 0 Å². The second kappa shape index (κ2) is 4.38. The zero-order valence-electron chi connectivity index (χ0n) is 9.28. The molecule has 3 aromatic rings. The minimum atomic E-state index is 0.970. The molecule has 0 atom stereocenters. The summed E-state index contributed by atoms with van der Waals surface area (Å²) in [5.74, 6) is 0. The number of aromatic amines is 1. The number of rotatable bonds is 2. The third-order valence-corrected chi connectivity index (χ3v) is 3.46. The Hall–Kier alpha value is -1.54. The SMILES string of the molecule is Brc1ccc2[nH]cc(Cc3ccccc3)c2c1. The van der Waals surface area contributed by atoms with Crippen LogP contribution in [-0.4, -0.2) is 4.98 Å². The van der Waals surface area contributed by atoms with Crippen LogP contribution >= 0.6 is 15.9 Å². The quantitative estimate of drug-likeness (QED) is 0.713. The maximum Gasteiger partial charge on any atom is 0.0457 e. The van der Waals surface area contributed by atoms with Gasteiger partial charge in [-0.05, 0) is 35.7 Å². The Kier molecular flexibility index (Phi) is 2.73. The van der Waals surface area contributed by atoms with Crippen LogP contribution < -0.4 is 0 Å². The predicted octanol–water partition coefficient (Wildman–Crippen LogP) is 4.52. The van der Waals surface area contributed by atoms with E-state index in [9.17, 15) is 0 Å². The molecular formula is C15H12BrN. The van der Waals surface area contributed by atoms with Crippen LogP contribution in [0.25, 0.3) is 10.9 Å². The fraction of sp³-hybridized carbons (Fsp3) is 0.0667. The summed E-state index contributed by atoms with van der Waals surface area (Å²) >= 11 is 3.52. The van der Waals surface area contributed by atoms with Gasteiger partial charge in [0.2, 0.25) is 0 Å². The highest BCUT2D eigenvalue weighted by atomic mass is 79.9. The number of nitrogens with one attached hydrogen (secondary N) is 1. The maximum absolute atomic E-state index is 3.52. The van der Waals surface area contributed by atoms with E-state index in [0.29, 0.717) is 0 Å². The van der Waals surface area contributed by atoms with Crippen LogP contribution in [0, 0.1) is 0 Å². The molecule has 84 valence electrons. The second-order valence-corrected chi connectivity index (χ2v) is 5.08. The van der Waals surface area contributed by atoms with Crippen LogP contribution in [0.2, 0.25) is 0 Å². The van der Waals surface area contributed by atoms with Crippen LogP contribution in [0.3, 0.4) is 0 Å². The summed E-state index contributed by atoms with van der Waals surface area (Å²) in [6.45, 7) is 0. The minimum Gasteiger partial charge on any atom is -0.361 e. The number of H-pyrrole nitrogens is 1. The van der Waals surface area contributed by atoms with E-state index in [2.05, 4.69) is 75.6 Å². The van der Waals surface area contributed by atoms with Crippen molar-refractivity contribution in [2.45, 2.75) is 6.42 Å². The predicted molar refractivity (Wildman–Crippen MR) is 75.2 cm³/mol. The number of hydrogen-bond acceptors (Lipinski definition) is 0. The van der Waals surface area contributed by atoms with E-state index >= 15 is 0 Å². The average molecular weight is 286 g/mol. The van der Waals surface area contributed by atoms with Gasteiger partial charge in [-0.1, -0.05) is 46.3 Å². The largest absolute Gasteiger partial charge is 0.361 e. The fourth-order valence-corrected chi connectivity index (χ4v) is 2.47. The van der Waals surface area contributed by atoms with Gasteiger partial charge in [-0.3, -0.25) is 0 Å². The fourth-order valence-electron chi connectivity index (χ4n) is 2.11. The highest BCUT2D eigenvalue weighted by molar-refractivity contribution is 9.10. The standard InChI is InChI=1S/C15H12BrN/c16-13-6-7-15-14(9-13)12(10-17-15)8-11-4-2-1-3-5-11/h1-7,9-10,17H,8H2. The molecule has 0 amide bonds. The molecule has 0 spiro atoms. The van der Waals surface area contributed by atoms with Gasteiger partial charge in [0, 0.05) is 21.6 Å². The van der Waals surface area contributed by atoms with Gasteiger partial charge in [-0.15, -0.1) is 0 Å². The van der Waals surface area contributed by atoms with Gasteiger partial charge in [-0.25, -0.2) is 0 Å². The molecular weight excluding hydrogens is 274 g/mol. The van der Waals surface area contributed by atoms with Crippen molar-refractivity contribution in [2.24, 2.45) is 0 Å². The topological polar surface area (TPSA) is 15.8 Å². The summed E-state index contributed by atoms with van der Waals surface area (Å²) in [6, 6.07) is 16.9. The Labute approximate surface area is 109 Å². The molecule has 0 saturated heterocycles. The van der Waals surface area contributed by atoms with Crippen LogP contribution in [0.4, 0.5) is 0 Å². The van der Waals surface area contributed by atoms with Crippen molar-refractivity contribution in [3.63, 3.8) is 0 Å². The van der Waals surface area contributed by atoms with E-state index < -0.39 is 0 Å². The number of halogens is 1. The van der Waals surface area contributed by atoms with Crippen LogP contribution in [-0.2, 0) is 6.42 Å². The second-order valence-electron chi connectivity index (χ2n) is 4.17. The molecule has 17 heavy (non-hydrogen) atoms. The van der Waals surface area contributed by atoms with E-state index in [0.717, 1.165) is 10.9 Å². The zero-order chi connectivity index (χ0) is 11.7. The van der Waals surface area contributed by atoms with Crippen molar-refractivity contribution in [3.05, 3.63) is 70.3 Å². The molecule has 0 bridgehead atoms. The molecule has 2 heteroatoms. The van der Waals surface area contributed by atoms with Crippen molar-refractivity contribution < 1.29 is 0 Å². The molecule has 1 N–H and O–H groups in total. The van der Waals surface area contributed by atoms with Gasteiger partial charge >= 0.3 is 0 Å². The van der Waals surface area contributed by atoms with E-state index in [1.54, 1.807) is 0 Å².